The molecule has 178 valence electrons. The molecule has 34 heavy (non-hydrogen) atoms. The summed E-state index contributed by atoms with van der Waals surface area (Å²) in [5, 5.41) is 2.25. The summed E-state index contributed by atoms with van der Waals surface area (Å²) in [4.78, 5) is 25.1. The minimum absolute atomic E-state index is 0.00848. The van der Waals surface area contributed by atoms with Crippen LogP contribution >= 0.6 is 0 Å². The summed E-state index contributed by atoms with van der Waals surface area (Å²) in [7, 11) is 1.38. The van der Waals surface area contributed by atoms with Crippen molar-refractivity contribution in [1.29, 1.82) is 0 Å². The number of methoxy groups -OCH3 is 1. The van der Waals surface area contributed by atoms with Crippen LogP contribution in [0.15, 0.2) is 54.6 Å². The van der Waals surface area contributed by atoms with Gasteiger partial charge in [-0.15, -0.1) is 0 Å². The van der Waals surface area contributed by atoms with Gasteiger partial charge in [-0.05, 0) is 80.0 Å². The number of rotatable bonds is 6. The van der Waals surface area contributed by atoms with Gasteiger partial charge in [0.1, 0.15) is 12.4 Å². The fourth-order valence-corrected chi connectivity index (χ4v) is 4.76. The number of carbonyl (C=O) groups excluding carboxylic acids is 2. The molecule has 0 heterocycles. The quantitative estimate of drug-likeness (QED) is 0.403. The third-order valence-electron chi connectivity index (χ3n) is 6.99. The Balaban J connectivity index is 1.37. The standard InChI is InChI=1S/C29H32O5/c1-19-16-20(2)26(17-25(19)27(30)32-4)34-23-12-14-29(3,15-13-23)28(31)33-18-22-10-7-9-21-8-5-6-11-24(21)22/h5-11,16-17,23H,12-15,18H2,1-4H3. The molecule has 0 N–H and O–H groups in total. The molecule has 5 nitrogen and oxygen atoms in total. The fourth-order valence-electron chi connectivity index (χ4n) is 4.76. The molecule has 3 aromatic rings. The molecule has 0 amide bonds. The summed E-state index contributed by atoms with van der Waals surface area (Å²) in [6, 6.07) is 17.9. The largest absolute Gasteiger partial charge is 0.490 e. The average Bonchev–Trinajstić information content (AvgIpc) is 2.85. The highest BCUT2D eigenvalue weighted by atomic mass is 16.5. The van der Waals surface area contributed by atoms with Gasteiger partial charge in [0.05, 0.1) is 24.2 Å². The summed E-state index contributed by atoms with van der Waals surface area (Å²) in [6.07, 6.45) is 2.88. The van der Waals surface area contributed by atoms with E-state index in [0.29, 0.717) is 24.2 Å². The first-order chi connectivity index (χ1) is 16.3. The first-order valence-corrected chi connectivity index (χ1v) is 11.8. The minimum Gasteiger partial charge on any atom is -0.490 e. The van der Waals surface area contributed by atoms with E-state index in [2.05, 4.69) is 18.2 Å². The van der Waals surface area contributed by atoms with Gasteiger partial charge in [-0.25, -0.2) is 4.79 Å². The lowest BCUT2D eigenvalue weighted by Crippen LogP contribution is -2.37. The van der Waals surface area contributed by atoms with E-state index in [1.54, 1.807) is 6.07 Å². The highest BCUT2D eigenvalue weighted by Gasteiger charge is 2.39. The van der Waals surface area contributed by atoms with Gasteiger partial charge in [-0.2, -0.15) is 0 Å². The van der Waals surface area contributed by atoms with Crippen molar-refractivity contribution in [2.45, 2.75) is 59.2 Å². The van der Waals surface area contributed by atoms with Crippen LogP contribution in [0.5, 0.6) is 5.75 Å². The first-order valence-electron chi connectivity index (χ1n) is 11.8. The molecule has 1 saturated carbocycles. The number of carbonyl (C=O) groups is 2. The number of ether oxygens (including phenoxy) is 3. The predicted octanol–water partition coefficient (Wildman–Crippen LogP) is 6.31. The van der Waals surface area contributed by atoms with Crippen LogP contribution in [-0.4, -0.2) is 25.2 Å². The molecule has 0 aliphatic heterocycles. The molecule has 1 fully saturated rings. The Hall–Kier alpha value is -3.34. The third-order valence-corrected chi connectivity index (χ3v) is 6.99. The van der Waals surface area contributed by atoms with Gasteiger partial charge < -0.3 is 14.2 Å². The van der Waals surface area contributed by atoms with Crippen LogP contribution in [0.3, 0.4) is 0 Å². The van der Waals surface area contributed by atoms with E-state index in [0.717, 1.165) is 40.3 Å². The molecule has 0 radical (unpaired) electrons. The van der Waals surface area contributed by atoms with E-state index < -0.39 is 5.41 Å². The number of aryl methyl sites for hydroxylation is 2. The van der Waals surface area contributed by atoms with Gasteiger partial charge in [-0.1, -0.05) is 48.5 Å². The molecule has 0 aromatic heterocycles. The topological polar surface area (TPSA) is 61.8 Å². The van der Waals surface area contributed by atoms with E-state index in [4.69, 9.17) is 14.2 Å². The molecule has 4 rings (SSSR count). The second-order valence-corrected chi connectivity index (χ2v) is 9.52. The highest BCUT2D eigenvalue weighted by molar-refractivity contribution is 5.91. The van der Waals surface area contributed by atoms with E-state index in [1.165, 1.54) is 7.11 Å². The SMILES string of the molecule is COC(=O)c1cc(OC2CCC(C)(C(=O)OCc3cccc4ccccc34)CC2)c(C)cc1C. The van der Waals surface area contributed by atoms with Gasteiger partial charge in [0.2, 0.25) is 0 Å². The normalized spacial score (nSPS) is 20.1. The van der Waals surface area contributed by atoms with Gasteiger partial charge in [0.25, 0.3) is 0 Å². The summed E-state index contributed by atoms with van der Waals surface area (Å²) >= 11 is 0. The molecule has 0 bridgehead atoms. The minimum atomic E-state index is -0.524. The van der Waals surface area contributed by atoms with E-state index in [9.17, 15) is 9.59 Å². The Morgan fingerprint density at radius 3 is 2.41 bits per heavy atom. The maximum Gasteiger partial charge on any atom is 0.338 e. The lowest BCUT2D eigenvalue weighted by atomic mass is 9.74. The van der Waals surface area contributed by atoms with Crippen molar-refractivity contribution in [1.82, 2.24) is 0 Å². The van der Waals surface area contributed by atoms with Crippen molar-refractivity contribution in [3.8, 4) is 5.75 Å². The Kier molecular flexibility index (Phi) is 6.92. The van der Waals surface area contributed by atoms with Gasteiger partial charge >= 0.3 is 11.9 Å². The van der Waals surface area contributed by atoms with Crippen LogP contribution in [-0.2, 0) is 20.9 Å². The van der Waals surface area contributed by atoms with Crippen LogP contribution < -0.4 is 4.74 Å². The van der Waals surface area contributed by atoms with Crippen LogP contribution in [0.25, 0.3) is 10.8 Å². The zero-order valence-electron chi connectivity index (χ0n) is 20.4. The second-order valence-electron chi connectivity index (χ2n) is 9.52. The molecule has 1 aliphatic carbocycles. The Morgan fingerprint density at radius 1 is 0.971 bits per heavy atom. The van der Waals surface area contributed by atoms with Crippen LogP contribution in [0, 0.1) is 19.3 Å². The highest BCUT2D eigenvalue weighted by Crippen LogP contribution is 2.39. The molecule has 5 heteroatoms. The van der Waals surface area contributed by atoms with Crippen molar-refractivity contribution in [2.24, 2.45) is 5.41 Å². The monoisotopic (exact) mass is 460 g/mol. The Morgan fingerprint density at radius 2 is 1.68 bits per heavy atom. The van der Waals surface area contributed by atoms with E-state index in [-0.39, 0.29) is 24.6 Å². The van der Waals surface area contributed by atoms with Crippen molar-refractivity contribution in [3.63, 3.8) is 0 Å². The average molecular weight is 461 g/mol. The van der Waals surface area contributed by atoms with Crippen molar-refractivity contribution >= 4 is 22.7 Å². The summed E-state index contributed by atoms with van der Waals surface area (Å²) in [6.45, 7) is 6.12. The Bertz CT molecular complexity index is 1200. The van der Waals surface area contributed by atoms with E-state index >= 15 is 0 Å². The zero-order valence-corrected chi connectivity index (χ0v) is 20.4. The summed E-state index contributed by atoms with van der Waals surface area (Å²) in [5.74, 6) is 0.170. The first kappa shape index (κ1) is 23.8. The molecule has 1 aliphatic rings. The van der Waals surface area contributed by atoms with Crippen LogP contribution in [0.1, 0.15) is 59.7 Å². The molecule has 0 atom stereocenters. The van der Waals surface area contributed by atoms with Crippen molar-refractivity contribution < 1.29 is 23.8 Å². The number of esters is 2. The molecular formula is C29H32O5. The second kappa shape index (κ2) is 9.88. The molecule has 0 saturated heterocycles. The van der Waals surface area contributed by atoms with Crippen LogP contribution in [0.4, 0.5) is 0 Å². The number of benzene rings is 3. The van der Waals surface area contributed by atoms with Gasteiger partial charge in [0.15, 0.2) is 0 Å². The zero-order chi connectivity index (χ0) is 24.3. The number of fused-ring (bicyclic) bond motifs is 1. The van der Waals surface area contributed by atoms with Crippen molar-refractivity contribution in [2.75, 3.05) is 7.11 Å². The number of hydrogen-bond acceptors (Lipinski definition) is 5. The summed E-state index contributed by atoms with van der Waals surface area (Å²) < 4.78 is 16.9. The predicted molar refractivity (Wildman–Crippen MR) is 132 cm³/mol. The van der Waals surface area contributed by atoms with Crippen LogP contribution in [0.2, 0.25) is 0 Å². The molecule has 0 spiro atoms. The molecular weight excluding hydrogens is 428 g/mol. The fraction of sp³-hybridized carbons (Fsp3) is 0.379. The molecule has 0 unspecified atom stereocenters. The maximum absolute atomic E-state index is 13.0. The smallest absolute Gasteiger partial charge is 0.338 e. The van der Waals surface area contributed by atoms with Gasteiger partial charge in [-0.3, -0.25) is 4.79 Å². The Labute approximate surface area is 201 Å². The summed E-state index contributed by atoms with van der Waals surface area (Å²) in [5.41, 5.74) is 2.85. The lowest BCUT2D eigenvalue weighted by Gasteiger charge is -2.35. The van der Waals surface area contributed by atoms with Crippen molar-refractivity contribution in [3.05, 3.63) is 76.9 Å². The third kappa shape index (κ3) is 4.93. The maximum atomic E-state index is 13.0. The van der Waals surface area contributed by atoms with E-state index in [1.807, 2.05) is 51.1 Å². The van der Waals surface area contributed by atoms with Gasteiger partial charge in [0, 0.05) is 0 Å². The number of hydrogen-bond donors (Lipinski definition) is 0. The lowest BCUT2D eigenvalue weighted by molar-refractivity contribution is -0.159. The molecule has 3 aromatic carbocycles.